The molecule has 0 aliphatic carbocycles. The molecule has 13 heavy (non-hydrogen) atoms. The number of hydrogen-bond acceptors (Lipinski definition) is 3. The van der Waals surface area contributed by atoms with Crippen molar-refractivity contribution in [1.82, 2.24) is 4.31 Å². The normalized spacial score (nSPS) is 31.0. The van der Waals surface area contributed by atoms with E-state index in [-0.39, 0.29) is 26.1 Å². The quantitative estimate of drug-likeness (QED) is 0.660. The molecule has 0 N–H and O–H groups in total. The number of halogens is 1. The van der Waals surface area contributed by atoms with E-state index in [1.807, 2.05) is 0 Å². The van der Waals surface area contributed by atoms with Crippen LogP contribution in [0.2, 0.25) is 0 Å². The van der Waals surface area contributed by atoms with Crippen LogP contribution in [0.15, 0.2) is 0 Å². The van der Waals surface area contributed by atoms with Crippen molar-refractivity contribution in [3.63, 3.8) is 0 Å². The molecule has 1 fully saturated rings. The van der Waals surface area contributed by atoms with Gasteiger partial charge in [0.2, 0.25) is 10.0 Å². The van der Waals surface area contributed by atoms with Gasteiger partial charge in [-0.15, -0.1) is 0 Å². The van der Waals surface area contributed by atoms with E-state index in [2.05, 4.69) is 0 Å². The number of rotatable bonds is 3. The van der Waals surface area contributed by atoms with Gasteiger partial charge in [0.15, 0.2) is 0 Å². The lowest BCUT2D eigenvalue weighted by Gasteiger charge is -2.18. The summed E-state index contributed by atoms with van der Waals surface area (Å²) in [6.45, 7) is 0.122. The molecule has 1 aliphatic rings. The second-order valence-electron chi connectivity index (χ2n) is 3.43. The summed E-state index contributed by atoms with van der Waals surface area (Å²) in [4.78, 5) is 0. The van der Waals surface area contributed by atoms with Crippen molar-refractivity contribution in [3.05, 3.63) is 0 Å². The second-order valence-corrected chi connectivity index (χ2v) is 5.41. The Morgan fingerprint density at radius 1 is 1.62 bits per heavy atom. The Morgan fingerprint density at radius 3 is 2.62 bits per heavy atom. The van der Waals surface area contributed by atoms with Crippen molar-refractivity contribution in [3.8, 4) is 0 Å². The summed E-state index contributed by atoms with van der Waals surface area (Å²) in [7, 11) is -1.85. The van der Waals surface area contributed by atoms with Crippen molar-refractivity contribution < 1.29 is 17.5 Å². The Morgan fingerprint density at radius 2 is 2.23 bits per heavy atom. The average Bonchev–Trinajstić information content (AvgIpc) is 2.31. The number of alkyl halides is 1. The Balaban J connectivity index is 2.63. The number of methoxy groups -OCH3 is 1. The molecule has 78 valence electrons. The maximum atomic E-state index is 13.7. The number of ether oxygens (including phenoxy) is 1. The fourth-order valence-electron chi connectivity index (χ4n) is 1.46. The van der Waals surface area contributed by atoms with Gasteiger partial charge in [0.25, 0.3) is 0 Å². The highest BCUT2D eigenvalue weighted by molar-refractivity contribution is 7.88. The lowest BCUT2D eigenvalue weighted by molar-refractivity contribution is 0.0521. The van der Waals surface area contributed by atoms with Gasteiger partial charge in [0, 0.05) is 13.7 Å². The molecule has 0 aromatic rings. The molecule has 1 rings (SSSR count). The van der Waals surface area contributed by atoms with E-state index in [0.29, 0.717) is 0 Å². The highest BCUT2D eigenvalue weighted by Crippen LogP contribution is 2.27. The summed E-state index contributed by atoms with van der Waals surface area (Å²) >= 11 is 0. The second kappa shape index (κ2) is 3.51. The number of sulfonamides is 1. The van der Waals surface area contributed by atoms with E-state index < -0.39 is 15.7 Å². The summed E-state index contributed by atoms with van der Waals surface area (Å²) in [6, 6.07) is 0. The van der Waals surface area contributed by atoms with Crippen LogP contribution < -0.4 is 0 Å². The molecule has 1 unspecified atom stereocenters. The third kappa shape index (κ3) is 2.62. The zero-order valence-electron chi connectivity index (χ0n) is 7.79. The Labute approximate surface area is 77.7 Å². The van der Waals surface area contributed by atoms with Crippen LogP contribution >= 0.6 is 0 Å². The zero-order valence-corrected chi connectivity index (χ0v) is 8.60. The maximum Gasteiger partial charge on any atom is 0.211 e. The van der Waals surface area contributed by atoms with Gasteiger partial charge in [-0.1, -0.05) is 0 Å². The van der Waals surface area contributed by atoms with E-state index in [1.54, 1.807) is 0 Å². The zero-order chi connectivity index (χ0) is 10.1. The molecular weight excluding hydrogens is 197 g/mol. The molecule has 0 radical (unpaired) electrons. The van der Waals surface area contributed by atoms with Crippen molar-refractivity contribution in [2.24, 2.45) is 0 Å². The molecule has 0 aromatic heterocycles. The Kier molecular flexibility index (Phi) is 2.94. The molecule has 0 amide bonds. The van der Waals surface area contributed by atoms with Gasteiger partial charge in [-0.2, -0.15) is 4.31 Å². The predicted molar refractivity (Wildman–Crippen MR) is 46.7 cm³/mol. The van der Waals surface area contributed by atoms with Crippen LogP contribution in [0.3, 0.4) is 0 Å². The molecular formula is C7H14FNO3S. The smallest absolute Gasteiger partial charge is 0.211 e. The van der Waals surface area contributed by atoms with E-state index in [1.165, 1.54) is 7.11 Å². The maximum absolute atomic E-state index is 13.7. The molecule has 1 saturated heterocycles. The highest BCUT2D eigenvalue weighted by atomic mass is 32.2. The first-order valence-electron chi connectivity index (χ1n) is 4.00. The first-order valence-corrected chi connectivity index (χ1v) is 5.85. The lowest BCUT2D eigenvalue weighted by atomic mass is 10.1. The summed E-state index contributed by atoms with van der Waals surface area (Å²) < 4.78 is 41.6. The molecule has 6 heteroatoms. The minimum atomic E-state index is -3.25. The van der Waals surface area contributed by atoms with Crippen LogP contribution in [-0.4, -0.2) is 51.5 Å². The third-order valence-corrected chi connectivity index (χ3v) is 3.39. The minimum Gasteiger partial charge on any atom is -0.381 e. The molecule has 0 spiro atoms. The van der Waals surface area contributed by atoms with E-state index in [9.17, 15) is 12.8 Å². The van der Waals surface area contributed by atoms with Crippen molar-refractivity contribution in [1.29, 1.82) is 0 Å². The van der Waals surface area contributed by atoms with Crippen LogP contribution in [0.25, 0.3) is 0 Å². The molecule has 1 aliphatic heterocycles. The number of hydrogen-bond donors (Lipinski definition) is 0. The van der Waals surface area contributed by atoms with Crippen molar-refractivity contribution >= 4 is 10.0 Å². The predicted octanol–water partition coefficient (Wildman–Crippen LogP) is 0.00640. The van der Waals surface area contributed by atoms with E-state index >= 15 is 0 Å². The fraction of sp³-hybridized carbons (Fsp3) is 1.00. The van der Waals surface area contributed by atoms with Crippen molar-refractivity contribution in [2.75, 3.05) is 33.1 Å². The molecule has 0 saturated carbocycles. The standard InChI is InChI=1S/C7H14FNO3S/c1-12-6-7(8)3-4-9(5-7)13(2,10)11/h3-6H2,1-2H3. The summed E-state index contributed by atoms with van der Waals surface area (Å²) in [5.41, 5.74) is -1.50. The summed E-state index contributed by atoms with van der Waals surface area (Å²) in [6.07, 6.45) is 1.31. The largest absolute Gasteiger partial charge is 0.381 e. The molecule has 0 bridgehead atoms. The highest BCUT2D eigenvalue weighted by Gasteiger charge is 2.41. The van der Waals surface area contributed by atoms with Crippen LogP contribution in [0.5, 0.6) is 0 Å². The van der Waals surface area contributed by atoms with E-state index in [4.69, 9.17) is 4.74 Å². The molecule has 4 nitrogen and oxygen atoms in total. The van der Waals surface area contributed by atoms with Gasteiger partial charge in [-0.05, 0) is 6.42 Å². The Hall–Kier alpha value is -0.200. The molecule has 1 heterocycles. The van der Waals surface area contributed by atoms with Gasteiger partial charge in [0.1, 0.15) is 5.67 Å². The van der Waals surface area contributed by atoms with Gasteiger partial charge in [-0.3, -0.25) is 0 Å². The van der Waals surface area contributed by atoms with Gasteiger partial charge in [-0.25, -0.2) is 12.8 Å². The topological polar surface area (TPSA) is 46.6 Å². The van der Waals surface area contributed by atoms with Crippen LogP contribution in [-0.2, 0) is 14.8 Å². The minimum absolute atomic E-state index is 0.0426. The van der Waals surface area contributed by atoms with Crippen molar-refractivity contribution in [2.45, 2.75) is 12.1 Å². The SMILES string of the molecule is COCC1(F)CCN(S(C)(=O)=O)C1. The third-order valence-electron chi connectivity index (χ3n) is 2.14. The Bertz CT molecular complexity index is 279. The molecule has 0 aromatic carbocycles. The van der Waals surface area contributed by atoms with Crippen LogP contribution in [0.4, 0.5) is 4.39 Å². The number of nitrogens with zero attached hydrogens (tertiary/aromatic N) is 1. The summed E-state index contributed by atoms with van der Waals surface area (Å²) in [5.74, 6) is 0. The average molecular weight is 211 g/mol. The van der Waals surface area contributed by atoms with Crippen LogP contribution in [0.1, 0.15) is 6.42 Å². The summed E-state index contributed by atoms with van der Waals surface area (Å²) in [5, 5.41) is 0. The first-order chi connectivity index (χ1) is 5.87. The lowest BCUT2D eigenvalue weighted by Crippen LogP contribution is -2.35. The van der Waals surface area contributed by atoms with Crippen LogP contribution in [0, 0.1) is 0 Å². The van der Waals surface area contributed by atoms with Gasteiger partial charge < -0.3 is 4.74 Å². The van der Waals surface area contributed by atoms with E-state index in [0.717, 1.165) is 10.6 Å². The van der Waals surface area contributed by atoms with Gasteiger partial charge >= 0.3 is 0 Å². The fourth-order valence-corrected chi connectivity index (χ4v) is 2.35. The monoisotopic (exact) mass is 211 g/mol. The van der Waals surface area contributed by atoms with Gasteiger partial charge in [0.05, 0.1) is 19.4 Å². The molecule has 1 atom stereocenters. The first kappa shape index (κ1) is 10.9.